The van der Waals surface area contributed by atoms with Gasteiger partial charge >= 0.3 is 6.18 Å². The summed E-state index contributed by atoms with van der Waals surface area (Å²) in [5.74, 6) is -2.34. The fourth-order valence-corrected chi connectivity index (χ4v) is 1.97. The Morgan fingerprint density at radius 2 is 1.75 bits per heavy atom. The van der Waals surface area contributed by atoms with Gasteiger partial charge in [-0.15, -0.1) is 0 Å². The van der Waals surface area contributed by atoms with E-state index in [4.69, 9.17) is 17.2 Å². The van der Waals surface area contributed by atoms with Crippen molar-refractivity contribution < 1.29 is 22.8 Å². The monoisotopic (exact) mass is 289 g/mol. The van der Waals surface area contributed by atoms with Gasteiger partial charge in [-0.25, -0.2) is 0 Å². The van der Waals surface area contributed by atoms with Crippen LogP contribution in [0.25, 0.3) is 0 Å². The largest absolute Gasteiger partial charge is 0.417 e. The number of primary amides is 2. The van der Waals surface area contributed by atoms with E-state index < -0.39 is 34.7 Å². The van der Waals surface area contributed by atoms with E-state index in [9.17, 15) is 22.8 Å². The SMILES string of the molecule is CCCc1c(N)c(C(N)=O)cc(C(F)(F)F)c1C(N)=O. The lowest BCUT2D eigenvalue weighted by atomic mass is 9.91. The van der Waals surface area contributed by atoms with Crippen LogP contribution in [0, 0.1) is 0 Å². The molecule has 1 aromatic carbocycles. The van der Waals surface area contributed by atoms with E-state index in [-0.39, 0.29) is 17.7 Å². The van der Waals surface area contributed by atoms with Gasteiger partial charge in [-0.3, -0.25) is 9.59 Å². The standard InChI is InChI=1S/C12H14F3N3O2/c1-2-3-5-8(11(18)20)7(12(13,14)15)4-6(9(5)16)10(17)19/h4H,2-3,16H2,1H3,(H2,17,19)(H2,18,20). The van der Waals surface area contributed by atoms with E-state index >= 15 is 0 Å². The van der Waals surface area contributed by atoms with Crippen molar-refractivity contribution in [3.05, 3.63) is 28.3 Å². The smallest absolute Gasteiger partial charge is 0.398 e. The van der Waals surface area contributed by atoms with Gasteiger partial charge in [0.2, 0.25) is 5.91 Å². The highest BCUT2D eigenvalue weighted by Gasteiger charge is 2.38. The Morgan fingerprint density at radius 1 is 1.20 bits per heavy atom. The fourth-order valence-electron chi connectivity index (χ4n) is 1.97. The maximum absolute atomic E-state index is 13.0. The Balaban J connectivity index is 3.82. The van der Waals surface area contributed by atoms with Crippen molar-refractivity contribution in [2.45, 2.75) is 25.9 Å². The number of rotatable bonds is 4. The molecule has 2 amide bonds. The molecule has 0 bridgehead atoms. The van der Waals surface area contributed by atoms with E-state index in [2.05, 4.69) is 0 Å². The molecule has 0 heterocycles. The quantitative estimate of drug-likeness (QED) is 0.729. The van der Waals surface area contributed by atoms with Gasteiger partial charge in [0, 0.05) is 5.69 Å². The molecule has 0 unspecified atom stereocenters. The topological polar surface area (TPSA) is 112 Å². The van der Waals surface area contributed by atoms with Crippen molar-refractivity contribution in [2.75, 3.05) is 5.73 Å². The molecule has 5 nitrogen and oxygen atoms in total. The zero-order chi connectivity index (χ0) is 15.7. The van der Waals surface area contributed by atoms with Crippen LogP contribution < -0.4 is 17.2 Å². The average molecular weight is 289 g/mol. The predicted molar refractivity (Wildman–Crippen MR) is 66.9 cm³/mol. The lowest BCUT2D eigenvalue weighted by Crippen LogP contribution is -2.25. The second-order valence-corrected chi connectivity index (χ2v) is 4.22. The maximum Gasteiger partial charge on any atom is 0.417 e. The minimum atomic E-state index is -4.84. The van der Waals surface area contributed by atoms with Crippen LogP contribution in [0.2, 0.25) is 0 Å². The normalized spacial score (nSPS) is 11.4. The fraction of sp³-hybridized carbons (Fsp3) is 0.333. The summed E-state index contributed by atoms with van der Waals surface area (Å²) in [6.07, 6.45) is -4.34. The molecule has 110 valence electrons. The average Bonchev–Trinajstić information content (AvgIpc) is 2.29. The van der Waals surface area contributed by atoms with E-state index in [0.717, 1.165) is 0 Å². The highest BCUT2D eigenvalue weighted by atomic mass is 19.4. The molecule has 0 spiro atoms. The summed E-state index contributed by atoms with van der Waals surface area (Å²) >= 11 is 0. The summed E-state index contributed by atoms with van der Waals surface area (Å²) in [7, 11) is 0. The summed E-state index contributed by atoms with van der Waals surface area (Å²) in [6.45, 7) is 1.69. The predicted octanol–water partition coefficient (Wildman–Crippen LogP) is 1.44. The second-order valence-electron chi connectivity index (χ2n) is 4.22. The molecule has 1 aromatic rings. The number of halogens is 3. The van der Waals surface area contributed by atoms with Gasteiger partial charge in [0.1, 0.15) is 0 Å². The number of nitrogens with two attached hydrogens (primary N) is 3. The van der Waals surface area contributed by atoms with Crippen molar-refractivity contribution in [1.29, 1.82) is 0 Å². The van der Waals surface area contributed by atoms with E-state index in [1.54, 1.807) is 6.92 Å². The molecule has 0 aliphatic carbocycles. The number of hydrogen-bond acceptors (Lipinski definition) is 3. The zero-order valence-electron chi connectivity index (χ0n) is 10.7. The third-order valence-electron chi connectivity index (χ3n) is 2.79. The molecule has 1 rings (SSSR count). The van der Waals surface area contributed by atoms with Crippen molar-refractivity contribution in [2.24, 2.45) is 11.5 Å². The third-order valence-corrected chi connectivity index (χ3v) is 2.79. The molecule has 8 heteroatoms. The number of hydrogen-bond donors (Lipinski definition) is 3. The summed E-state index contributed by atoms with van der Waals surface area (Å²) < 4.78 is 39.0. The van der Waals surface area contributed by atoms with Gasteiger partial charge in [-0.05, 0) is 18.1 Å². The molecule has 0 saturated carbocycles. The van der Waals surface area contributed by atoms with Crippen molar-refractivity contribution in [3.63, 3.8) is 0 Å². The first-order valence-electron chi connectivity index (χ1n) is 5.73. The van der Waals surface area contributed by atoms with E-state index in [1.807, 2.05) is 0 Å². The van der Waals surface area contributed by atoms with E-state index in [1.165, 1.54) is 0 Å². The Bertz CT molecular complexity index is 568. The Labute approximate surface area is 112 Å². The van der Waals surface area contributed by atoms with Crippen molar-refractivity contribution >= 4 is 17.5 Å². The molecule has 0 aliphatic heterocycles. The number of alkyl halides is 3. The third kappa shape index (κ3) is 2.84. The summed E-state index contributed by atoms with van der Waals surface area (Å²) in [5, 5.41) is 0. The van der Waals surface area contributed by atoms with E-state index in [0.29, 0.717) is 12.5 Å². The number of carbonyl (C=O) groups excluding carboxylic acids is 2. The number of carbonyl (C=O) groups is 2. The Morgan fingerprint density at radius 3 is 2.10 bits per heavy atom. The van der Waals surface area contributed by atoms with Crippen LogP contribution in [0.15, 0.2) is 6.07 Å². The first-order chi connectivity index (χ1) is 9.11. The van der Waals surface area contributed by atoms with Crippen LogP contribution in [0.5, 0.6) is 0 Å². The second kappa shape index (κ2) is 5.40. The summed E-state index contributed by atoms with van der Waals surface area (Å²) in [4.78, 5) is 22.5. The van der Waals surface area contributed by atoms with Crippen LogP contribution in [-0.4, -0.2) is 11.8 Å². The molecule has 0 saturated heterocycles. The summed E-state index contributed by atoms with van der Waals surface area (Å²) in [5.41, 5.74) is 12.9. The zero-order valence-corrected chi connectivity index (χ0v) is 10.7. The highest BCUT2D eigenvalue weighted by molar-refractivity contribution is 6.04. The van der Waals surface area contributed by atoms with Crippen LogP contribution in [0.4, 0.5) is 18.9 Å². The van der Waals surface area contributed by atoms with Gasteiger partial charge in [-0.2, -0.15) is 13.2 Å². The minimum Gasteiger partial charge on any atom is -0.398 e. The van der Waals surface area contributed by atoms with Crippen LogP contribution in [0.1, 0.15) is 45.2 Å². The maximum atomic E-state index is 13.0. The van der Waals surface area contributed by atoms with Crippen LogP contribution >= 0.6 is 0 Å². The first-order valence-corrected chi connectivity index (χ1v) is 5.73. The molecular weight excluding hydrogens is 275 g/mol. The number of amides is 2. The molecule has 0 aliphatic rings. The Hall–Kier alpha value is -2.25. The lowest BCUT2D eigenvalue weighted by molar-refractivity contribution is -0.138. The molecule has 6 N–H and O–H groups in total. The molecule has 0 fully saturated rings. The number of nitrogen functional groups attached to an aromatic ring is 1. The lowest BCUT2D eigenvalue weighted by Gasteiger charge is -2.18. The number of anilines is 1. The van der Waals surface area contributed by atoms with Crippen LogP contribution in [0.3, 0.4) is 0 Å². The number of benzene rings is 1. The highest BCUT2D eigenvalue weighted by Crippen LogP contribution is 2.37. The summed E-state index contributed by atoms with van der Waals surface area (Å²) in [6, 6.07) is 0.469. The van der Waals surface area contributed by atoms with Gasteiger partial charge in [0.25, 0.3) is 5.91 Å². The van der Waals surface area contributed by atoms with Gasteiger partial charge < -0.3 is 17.2 Å². The molecule has 20 heavy (non-hydrogen) atoms. The van der Waals surface area contributed by atoms with Gasteiger partial charge in [-0.1, -0.05) is 13.3 Å². The molecule has 0 atom stereocenters. The minimum absolute atomic E-state index is 0.0777. The first kappa shape index (κ1) is 15.8. The van der Waals surface area contributed by atoms with Crippen molar-refractivity contribution in [3.8, 4) is 0 Å². The molecule has 0 aromatic heterocycles. The Kier molecular flexibility index (Phi) is 4.26. The molecular formula is C12H14F3N3O2. The van der Waals surface area contributed by atoms with Gasteiger partial charge in [0.05, 0.1) is 16.7 Å². The van der Waals surface area contributed by atoms with Crippen LogP contribution in [-0.2, 0) is 12.6 Å². The van der Waals surface area contributed by atoms with Gasteiger partial charge in [0.15, 0.2) is 0 Å². The van der Waals surface area contributed by atoms with Crippen molar-refractivity contribution in [1.82, 2.24) is 0 Å². The molecule has 0 radical (unpaired) electrons.